The molecule has 3 aromatic rings. The summed E-state index contributed by atoms with van der Waals surface area (Å²) in [7, 11) is 0. The molecule has 0 saturated heterocycles. The summed E-state index contributed by atoms with van der Waals surface area (Å²) in [6, 6.07) is 11.4. The summed E-state index contributed by atoms with van der Waals surface area (Å²) in [5.41, 5.74) is 4.55. The van der Waals surface area contributed by atoms with Gasteiger partial charge in [0.25, 0.3) is 5.91 Å². The number of aromatic nitrogens is 2. The van der Waals surface area contributed by atoms with Gasteiger partial charge in [-0.25, -0.2) is 4.98 Å². The van der Waals surface area contributed by atoms with Gasteiger partial charge in [-0.05, 0) is 37.6 Å². The molecule has 1 aromatic carbocycles. The minimum Gasteiger partial charge on any atom is -0.384 e. The highest BCUT2D eigenvalue weighted by Gasteiger charge is 2.09. The van der Waals surface area contributed by atoms with E-state index in [-0.39, 0.29) is 0 Å². The molecule has 5 heteroatoms. The number of nitrogens with one attached hydrogen (secondary N) is 1. The van der Waals surface area contributed by atoms with Gasteiger partial charge in [-0.2, -0.15) is 0 Å². The molecule has 1 unspecified atom stereocenters. The monoisotopic (exact) mass is 295 g/mol. The van der Waals surface area contributed by atoms with Crippen LogP contribution in [0.4, 0.5) is 5.69 Å². The zero-order valence-corrected chi connectivity index (χ0v) is 12.4. The Labute approximate surface area is 128 Å². The number of aliphatic hydroxyl groups is 1. The highest BCUT2D eigenvalue weighted by Crippen LogP contribution is 2.22. The molecule has 0 aliphatic carbocycles. The Balaban J connectivity index is 1.88. The number of rotatable bonds is 3. The van der Waals surface area contributed by atoms with Gasteiger partial charge in [0, 0.05) is 23.6 Å². The lowest BCUT2D eigenvalue weighted by Gasteiger charge is -2.07. The number of aryl methyl sites for hydroxylation is 1. The van der Waals surface area contributed by atoms with Crippen molar-refractivity contribution in [1.82, 2.24) is 9.38 Å². The van der Waals surface area contributed by atoms with Crippen molar-refractivity contribution in [2.75, 3.05) is 5.32 Å². The van der Waals surface area contributed by atoms with Crippen LogP contribution in [0.25, 0.3) is 16.9 Å². The van der Waals surface area contributed by atoms with Gasteiger partial charge in [-0.15, -0.1) is 0 Å². The minimum atomic E-state index is -1.03. The van der Waals surface area contributed by atoms with Gasteiger partial charge in [0.2, 0.25) is 0 Å². The minimum absolute atomic E-state index is 0.420. The first kappa shape index (κ1) is 14.3. The lowest BCUT2D eigenvalue weighted by Crippen LogP contribution is -2.24. The number of nitrogens with zero attached hydrogens (tertiary/aromatic N) is 2. The second kappa shape index (κ2) is 5.61. The molecular weight excluding hydrogens is 278 g/mol. The van der Waals surface area contributed by atoms with Gasteiger partial charge in [0.1, 0.15) is 11.8 Å². The molecule has 22 heavy (non-hydrogen) atoms. The number of anilines is 1. The number of pyridine rings is 1. The molecule has 0 spiro atoms. The first-order chi connectivity index (χ1) is 10.5. The van der Waals surface area contributed by atoms with E-state index in [9.17, 15) is 9.90 Å². The van der Waals surface area contributed by atoms with E-state index in [1.165, 1.54) is 6.92 Å². The number of carbonyl (C=O) groups is 1. The molecule has 112 valence electrons. The van der Waals surface area contributed by atoms with Crippen molar-refractivity contribution in [2.24, 2.45) is 0 Å². The molecule has 0 saturated carbocycles. The van der Waals surface area contributed by atoms with Gasteiger partial charge in [-0.1, -0.05) is 18.2 Å². The molecule has 0 radical (unpaired) electrons. The van der Waals surface area contributed by atoms with Crippen molar-refractivity contribution in [2.45, 2.75) is 20.0 Å². The molecule has 0 aliphatic rings. The predicted molar refractivity (Wildman–Crippen MR) is 85.7 cm³/mol. The van der Waals surface area contributed by atoms with E-state index >= 15 is 0 Å². The third-order valence-corrected chi connectivity index (χ3v) is 3.51. The average molecular weight is 295 g/mol. The van der Waals surface area contributed by atoms with Crippen LogP contribution in [0.15, 0.2) is 48.8 Å². The molecule has 3 rings (SSSR count). The predicted octanol–water partition coefficient (Wildman–Crippen LogP) is 2.63. The van der Waals surface area contributed by atoms with E-state index in [2.05, 4.69) is 10.3 Å². The Morgan fingerprint density at radius 2 is 2.00 bits per heavy atom. The van der Waals surface area contributed by atoms with Crippen LogP contribution in [0, 0.1) is 6.92 Å². The average Bonchev–Trinajstić information content (AvgIpc) is 2.93. The van der Waals surface area contributed by atoms with Crippen molar-refractivity contribution in [3.8, 4) is 11.3 Å². The number of imidazole rings is 1. The van der Waals surface area contributed by atoms with Crippen LogP contribution in [0.5, 0.6) is 0 Å². The summed E-state index contributed by atoms with van der Waals surface area (Å²) < 4.78 is 1.99. The van der Waals surface area contributed by atoms with Crippen LogP contribution >= 0.6 is 0 Å². The van der Waals surface area contributed by atoms with E-state index in [1.807, 2.05) is 48.0 Å². The first-order valence-electron chi connectivity index (χ1n) is 7.08. The van der Waals surface area contributed by atoms with Crippen LogP contribution in [-0.2, 0) is 4.79 Å². The van der Waals surface area contributed by atoms with Crippen molar-refractivity contribution in [3.63, 3.8) is 0 Å². The maximum Gasteiger partial charge on any atom is 0.252 e. The largest absolute Gasteiger partial charge is 0.384 e. The van der Waals surface area contributed by atoms with Crippen LogP contribution in [0.3, 0.4) is 0 Å². The van der Waals surface area contributed by atoms with E-state index < -0.39 is 12.0 Å². The Kier molecular flexibility index (Phi) is 3.65. The van der Waals surface area contributed by atoms with Crippen molar-refractivity contribution >= 4 is 17.2 Å². The maximum atomic E-state index is 11.4. The van der Waals surface area contributed by atoms with Crippen molar-refractivity contribution in [1.29, 1.82) is 0 Å². The van der Waals surface area contributed by atoms with Crippen LogP contribution in [-0.4, -0.2) is 26.5 Å². The summed E-state index contributed by atoms with van der Waals surface area (Å²) in [6.07, 6.45) is 2.92. The second-order valence-electron chi connectivity index (χ2n) is 5.29. The molecule has 2 aromatic heterocycles. The summed E-state index contributed by atoms with van der Waals surface area (Å²) in [6.45, 7) is 3.46. The lowest BCUT2D eigenvalue weighted by atomic mass is 10.1. The Morgan fingerprint density at radius 3 is 2.64 bits per heavy atom. The fraction of sp³-hybridized carbons (Fsp3) is 0.176. The summed E-state index contributed by atoms with van der Waals surface area (Å²) in [5, 5.41) is 11.8. The van der Waals surface area contributed by atoms with Crippen LogP contribution < -0.4 is 5.32 Å². The zero-order valence-electron chi connectivity index (χ0n) is 12.4. The number of carbonyl (C=O) groups excluding carboxylic acids is 1. The fourth-order valence-electron chi connectivity index (χ4n) is 2.26. The smallest absolute Gasteiger partial charge is 0.252 e. The Hall–Kier alpha value is -2.66. The van der Waals surface area contributed by atoms with Crippen LogP contribution in [0.2, 0.25) is 0 Å². The molecule has 2 N–H and O–H groups in total. The molecular formula is C17H17N3O2. The standard InChI is InChI=1S/C17H17N3O2/c1-11-4-3-9-20-10-15(19-16(11)20)13-5-7-14(8-6-13)18-17(22)12(2)21/h3-10,12,21H,1-2H3,(H,18,22). The molecule has 5 nitrogen and oxygen atoms in total. The second-order valence-corrected chi connectivity index (χ2v) is 5.29. The topological polar surface area (TPSA) is 66.6 Å². The van der Waals surface area contributed by atoms with Crippen molar-refractivity contribution in [3.05, 3.63) is 54.4 Å². The third kappa shape index (κ3) is 2.71. The summed E-state index contributed by atoms with van der Waals surface area (Å²) >= 11 is 0. The number of aliphatic hydroxyl groups excluding tert-OH is 1. The first-order valence-corrected chi connectivity index (χ1v) is 7.08. The zero-order chi connectivity index (χ0) is 15.7. The normalized spacial score (nSPS) is 12.3. The van der Waals surface area contributed by atoms with E-state index in [1.54, 1.807) is 12.1 Å². The molecule has 2 heterocycles. The molecule has 1 atom stereocenters. The SMILES string of the molecule is Cc1cccn2cc(-c3ccc(NC(=O)C(C)O)cc3)nc12. The number of benzene rings is 1. The number of hydrogen-bond donors (Lipinski definition) is 2. The van der Waals surface area contributed by atoms with Gasteiger partial charge in [-0.3, -0.25) is 4.79 Å². The molecule has 0 fully saturated rings. The third-order valence-electron chi connectivity index (χ3n) is 3.51. The van der Waals surface area contributed by atoms with Gasteiger partial charge in [0.15, 0.2) is 0 Å². The van der Waals surface area contributed by atoms with Gasteiger partial charge < -0.3 is 14.8 Å². The maximum absolute atomic E-state index is 11.4. The summed E-state index contributed by atoms with van der Waals surface area (Å²) in [5.74, 6) is -0.420. The Morgan fingerprint density at radius 1 is 1.27 bits per heavy atom. The summed E-state index contributed by atoms with van der Waals surface area (Å²) in [4.78, 5) is 16.1. The van der Waals surface area contributed by atoms with E-state index in [0.717, 1.165) is 22.5 Å². The highest BCUT2D eigenvalue weighted by molar-refractivity contribution is 5.93. The number of hydrogen-bond acceptors (Lipinski definition) is 3. The van der Waals surface area contributed by atoms with Gasteiger partial charge >= 0.3 is 0 Å². The molecule has 1 amide bonds. The lowest BCUT2D eigenvalue weighted by molar-refractivity contribution is -0.123. The quantitative estimate of drug-likeness (QED) is 0.780. The highest BCUT2D eigenvalue weighted by atomic mass is 16.3. The molecule has 0 aliphatic heterocycles. The van der Waals surface area contributed by atoms with E-state index in [4.69, 9.17) is 0 Å². The fourth-order valence-corrected chi connectivity index (χ4v) is 2.26. The Bertz CT molecular complexity index is 820. The number of fused-ring (bicyclic) bond motifs is 1. The molecule has 0 bridgehead atoms. The van der Waals surface area contributed by atoms with Crippen molar-refractivity contribution < 1.29 is 9.90 Å². The number of amides is 1. The van der Waals surface area contributed by atoms with Gasteiger partial charge in [0.05, 0.1) is 5.69 Å². The van der Waals surface area contributed by atoms with Crippen LogP contribution in [0.1, 0.15) is 12.5 Å². The van der Waals surface area contributed by atoms with E-state index in [0.29, 0.717) is 5.69 Å².